The van der Waals surface area contributed by atoms with Crippen molar-refractivity contribution in [2.24, 2.45) is 0 Å². The first-order chi connectivity index (χ1) is 9.04. The van der Waals surface area contributed by atoms with E-state index in [1.165, 1.54) is 0 Å². The molecule has 5 heteroatoms. The molecule has 100 valence electrons. The average Bonchev–Trinajstić information content (AvgIpc) is 2.67. The van der Waals surface area contributed by atoms with E-state index in [2.05, 4.69) is 21.0 Å². The van der Waals surface area contributed by atoms with Crippen molar-refractivity contribution in [2.75, 3.05) is 0 Å². The summed E-state index contributed by atoms with van der Waals surface area (Å²) in [5, 5.41) is 4.90. The van der Waals surface area contributed by atoms with Crippen molar-refractivity contribution in [1.29, 1.82) is 0 Å². The van der Waals surface area contributed by atoms with Gasteiger partial charge in [-0.25, -0.2) is 0 Å². The van der Waals surface area contributed by atoms with E-state index in [1.54, 1.807) is 10.7 Å². The molecule has 0 saturated carbocycles. The number of benzene rings is 1. The average molecular weight is 342 g/mol. The molecule has 0 spiro atoms. The van der Waals surface area contributed by atoms with Crippen LogP contribution in [0.1, 0.15) is 28.7 Å². The number of halogens is 2. The van der Waals surface area contributed by atoms with E-state index in [0.717, 1.165) is 15.9 Å². The molecule has 1 aromatic carbocycles. The van der Waals surface area contributed by atoms with Crippen LogP contribution in [0.2, 0.25) is 5.02 Å². The standard InChI is InChI=1S/C14H14BrClN2O/c1-3-18-12(14(16)9(2)17-18)8-13(19)10-6-4-5-7-11(10)15/h4-7H,3,8H2,1-2H3. The van der Waals surface area contributed by atoms with E-state index >= 15 is 0 Å². The fourth-order valence-electron chi connectivity index (χ4n) is 1.97. The van der Waals surface area contributed by atoms with Crippen LogP contribution in [-0.2, 0) is 13.0 Å². The lowest BCUT2D eigenvalue weighted by molar-refractivity contribution is 0.0990. The van der Waals surface area contributed by atoms with Gasteiger partial charge in [-0.05, 0) is 19.9 Å². The lowest BCUT2D eigenvalue weighted by Gasteiger charge is -2.06. The Kier molecular flexibility index (Phi) is 4.42. The van der Waals surface area contributed by atoms with Crippen LogP contribution < -0.4 is 0 Å². The topological polar surface area (TPSA) is 34.9 Å². The molecule has 0 aliphatic carbocycles. The third kappa shape index (κ3) is 2.90. The summed E-state index contributed by atoms with van der Waals surface area (Å²) in [7, 11) is 0. The van der Waals surface area contributed by atoms with Crippen molar-refractivity contribution in [3.8, 4) is 0 Å². The number of nitrogens with zero attached hydrogens (tertiary/aromatic N) is 2. The number of Topliss-reactive ketones (excluding diaryl/α,β-unsaturated/α-hetero) is 1. The van der Waals surface area contributed by atoms with E-state index in [-0.39, 0.29) is 12.2 Å². The third-order valence-electron chi connectivity index (χ3n) is 2.96. The first kappa shape index (κ1) is 14.3. The van der Waals surface area contributed by atoms with Crippen LogP contribution in [0.15, 0.2) is 28.7 Å². The van der Waals surface area contributed by atoms with Crippen LogP contribution in [-0.4, -0.2) is 15.6 Å². The number of carbonyl (C=O) groups is 1. The number of ketones is 1. The normalized spacial score (nSPS) is 10.7. The first-order valence-electron chi connectivity index (χ1n) is 6.04. The minimum atomic E-state index is 0.0315. The highest BCUT2D eigenvalue weighted by molar-refractivity contribution is 9.10. The maximum Gasteiger partial charge on any atom is 0.169 e. The molecule has 0 N–H and O–H groups in total. The Hall–Kier alpha value is -1.13. The second-order valence-electron chi connectivity index (χ2n) is 4.24. The fourth-order valence-corrected chi connectivity index (χ4v) is 2.68. The van der Waals surface area contributed by atoms with Crippen LogP contribution in [0, 0.1) is 6.92 Å². The van der Waals surface area contributed by atoms with Crippen molar-refractivity contribution in [3.63, 3.8) is 0 Å². The van der Waals surface area contributed by atoms with Gasteiger partial charge >= 0.3 is 0 Å². The van der Waals surface area contributed by atoms with Gasteiger partial charge in [-0.15, -0.1) is 0 Å². The fraction of sp³-hybridized carbons (Fsp3) is 0.286. The van der Waals surface area contributed by atoms with Gasteiger partial charge < -0.3 is 0 Å². The predicted molar refractivity (Wildman–Crippen MR) is 79.8 cm³/mol. The van der Waals surface area contributed by atoms with Gasteiger partial charge in [0.05, 0.1) is 22.8 Å². The van der Waals surface area contributed by atoms with Gasteiger partial charge in [-0.3, -0.25) is 9.48 Å². The molecule has 0 unspecified atom stereocenters. The zero-order chi connectivity index (χ0) is 14.0. The van der Waals surface area contributed by atoms with Gasteiger partial charge in [-0.1, -0.05) is 45.7 Å². The highest BCUT2D eigenvalue weighted by atomic mass is 79.9. The van der Waals surface area contributed by atoms with Crippen LogP contribution in [0.25, 0.3) is 0 Å². The van der Waals surface area contributed by atoms with Gasteiger partial charge in [0.15, 0.2) is 5.78 Å². The summed E-state index contributed by atoms with van der Waals surface area (Å²) in [6, 6.07) is 7.40. The summed E-state index contributed by atoms with van der Waals surface area (Å²) in [4.78, 5) is 12.3. The smallest absolute Gasteiger partial charge is 0.169 e. The van der Waals surface area contributed by atoms with E-state index in [9.17, 15) is 4.79 Å². The molecule has 1 aromatic heterocycles. The van der Waals surface area contributed by atoms with Gasteiger partial charge in [-0.2, -0.15) is 5.10 Å². The summed E-state index contributed by atoms with van der Waals surface area (Å²) >= 11 is 9.61. The quantitative estimate of drug-likeness (QED) is 0.786. The van der Waals surface area contributed by atoms with E-state index < -0.39 is 0 Å². The number of carbonyl (C=O) groups excluding carboxylic acids is 1. The minimum absolute atomic E-state index is 0.0315. The maximum atomic E-state index is 12.3. The number of hydrogen-bond donors (Lipinski definition) is 0. The Morgan fingerprint density at radius 2 is 2.11 bits per heavy atom. The Morgan fingerprint density at radius 1 is 1.42 bits per heavy atom. The van der Waals surface area contributed by atoms with Gasteiger partial charge in [0.25, 0.3) is 0 Å². The third-order valence-corrected chi connectivity index (χ3v) is 4.14. The summed E-state index contributed by atoms with van der Waals surface area (Å²) in [6.45, 7) is 4.53. The van der Waals surface area contributed by atoms with E-state index in [0.29, 0.717) is 17.1 Å². The molecule has 0 fully saturated rings. The Balaban J connectivity index is 2.32. The van der Waals surface area contributed by atoms with Crippen LogP contribution in [0.3, 0.4) is 0 Å². The molecule has 0 saturated heterocycles. The number of aromatic nitrogens is 2. The maximum absolute atomic E-state index is 12.3. The van der Waals surface area contributed by atoms with E-state index in [4.69, 9.17) is 11.6 Å². The number of rotatable bonds is 4. The minimum Gasteiger partial charge on any atom is -0.294 e. The molecule has 0 aliphatic rings. The SMILES string of the molecule is CCn1nc(C)c(Cl)c1CC(=O)c1ccccc1Br. The van der Waals surface area contributed by atoms with E-state index in [1.807, 2.05) is 32.0 Å². The Labute approximate surface area is 125 Å². The monoisotopic (exact) mass is 340 g/mol. The second kappa shape index (κ2) is 5.88. The van der Waals surface area contributed by atoms with Crippen molar-refractivity contribution in [3.05, 3.63) is 50.7 Å². The van der Waals surface area contributed by atoms with Crippen molar-refractivity contribution in [1.82, 2.24) is 9.78 Å². The zero-order valence-corrected chi connectivity index (χ0v) is 13.1. The highest BCUT2D eigenvalue weighted by Gasteiger charge is 2.18. The predicted octanol–water partition coefficient (Wildman–Crippen LogP) is 4.05. The van der Waals surface area contributed by atoms with Crippen LogP contribution in [0.4, 0.5) is 0 Å². The summed E-state index contributed by atoms with van der Waals surface area (Å²) < 4.78 is 2.59. The molecule has 2 aromatic rings. The summed E-state index contributed by atoms with van der Waals surface area (Å²) in [5.74, 6) is 0.0315. The van der Waals surface area contributed by atoms with Crippen LogP contribution in [0.5, 0.6) is 0 Å². The van der Waals surface area contributed by atoms with Gasteiger partial charge in [0.1, 0.15) is 0 Å². The molecule has 0 radical (unpaired) electrons. The first-order valence-corrected chi connectivity index (χ1v) is 7.21. The molecule has 1 heterocycles. The molecule has 0 aliphatic heterocycles. The Bertz CT molecular complexity index is 622. The second-order valence-corrected chi connectivity index (χ2v) is 5.47. The van der Waals surface area contributed by atoms with Crippen molar-refractivity contribution >= 4 is 33.3 Å². The van der Waals surface area contributed by atoms with Crippen LogP contribution >= 0.6 is 27.5 Å². The molecule has 0 bridgehead atoms. The lowest BCUT2D eigenvalue weighted by atomic mass is 10.1. The van der Waals surface area contributed by atoms with Gasteiger partial charge in [0.2, 0.25) is 0 Å². The summed E-state index contributed by atoms with van der Waals surface area (Å²) in [5.41, 5.74) is 2.21. The Morgan fingerprint density at radius 3 is 2.74 bits per heavy atom. The van der Waals surface area contributed by atoms with Gasteiger partial charge in [0, 0.05) is 16.6 Å². The number of aryl methyl sites for hydroxylation is 2. The highest BCUT2D eigenvalue weighted by Crippen LogP contribution is 2.24. The molecule has 2 rings (SSSR count). The molecule has 3 nitrogen and oxygen atoms in total. The molecular formula is C14H14BrClN2O. The molecule has 0 amide bonds. The molecule has 0 atom stereocenters. The van der Waals surface area contributed by atoms with Crippen molar-refractivity contribution < 1.29 is 4.79 Å². The zero-order valence-electron chi connectivity index (χ0n) is 10.8. The van der Waals surface area contributed by atoms with Crippen molar-refractivity contribution in [2.45, 2.75) is 26.8 Å². The lowest BCUT2D eigenvalue weighted by Crippen LogP contribution is -2.10. The molecule has 19 heavy (non-hydrogen) atoms. The summed E-state index contributed by atoms with van der Waals surface area (Å²) in [6.07, 6.45) is 0.260. The largest absolute Gasteiger partial charge is 0.294 e. The molecular weight excluding hydrogens is 328 g/mol. The number of hydrogen-bond acceptors (Lipinski definition) is 2.